The second-order valence-corrected chi connectivity index (χ2v) is 16.1. The van der Waals surface area contributed by atoms with Gasteiger partial charge < -0.3 is 30.7 Å². The van der Waals surface area contributed by atoms with Gasteiger partial charge in [-0.05, 0) is 30.6 Å². The molecule has 0 radical (unpaired) electrons. The SMILES string of the molecule is CC[C@H](C)[C@@H]1NC(=O)c2csc(n2)[C@H](C(C)C)NC(=O)[C@H]2N=C(O[C@@H]2C)[C@H]([C@@H](C)CC)NC(=O)c2csc(n2)[C@H](C(C)C)NC(=O)[C@@H]2COC1=N2. The molecule has 4 amide bonds. The van der Waals surface area contributed by atoms with Gasteiger partial charge in [0, 0.05) is 10.8 Å². The molecule has 3 aliphatic heterocycles. The third kappa shape index (κ3) is 8.43. The molecule has 0 fully saturated rings. The minimum atomic E-state index is -0.855. The van der Waals surface area contributed by atoms with E-state index in [1.807, 2.05) is 55.4 Å². The van der Waals surface area contributed by atoms with Crippen molar-refractivity contribution < 1.29 is 28.7 Å². The van der Waals surface area contributed by atoms with Crippen LogP contribution in [-0.2, 0) is 19.1 Å². The number of rotatable bonds is 6. The largest absolute Gasteiger partial charge is 0.477 e. The van der Waals surface area contributed by atoms with Gasteiger partial charge in [0.25, 0.3) is 11.8 Å². The van der Waals surface area contributed by atoms with Crippen LogP contribution in [-0.4, -0.2) is 82.3 Å². The van der Waals surface area contributed by atoms with Crippen LogP contribution in [0.25, 0.3) is 0 Å². The lowest BCUT2D eigenvalue weighted by Gasteiger charge is -2.24. The summed E-state index contributed by atoms with van der Waals surface area (Å²) in [6.07, 6.45) is 0.849. The number of nitrogens with one attached hydrogen (secondary N) is 4. The first-order valence-electron chi connectivity index (χ1n) is 17.8. The summed E-state index contributed by atoms with van der Waals surface area (Å²) >= 11 is 2.57. The third-order valence-electron chi connectivity index (χ3n) is 9.76. The lowest BCUT2D eigenvalue weighted by atomic mass is 9.98. The predicted molar refractivity (Wildman–Crippen MR) is 196 cm³/mol. The molecule has 4 N–H and O–H groups in total. The Bertz CT molecular complexity index is 1670. The van der Waals surface area contributed by atoms with Crippen molar-refractivity contribution in [3.05, 3.63) is 32.2 Å². The summed E-state index contributed by atoms with van der Waals surface area (Å²) in [5.74, 6) is -1.15. The van der Waals surface area contributed by atoms with Crippen molar-refractivity contribution in [1.29, 1.82) is 0 Å². The molecule has 0 saturated heterocycles. The maximum absolute atomic E-state index is 13.8. The lowest BCUT2D eigenvalue weighted by molar-refractivity contribution is -0.125. The van der Waals surface area contributed by atoms with Crippen molar-refractivity contribution in [2.24, 2.45) is 33.7 Å². The summed E-state index contributed by atoms with van der Waals surface area (Å²) in [7, 11) is 0. The van der Waals surface area contributed by atoms with E-state index in [1.54, 1.807) is 17.7 Å². The van der Waals surface area contributed by atoms with Gasteiger partial charge in [-0.15, -0.1) is 22.7 Å². The van der Waals surface area contributed by atoms with Crippen LogP contribution in [0.3, 0.4) is 0 Å². The molecule has 0 aromatic carbocycles. The van der Waals surface area contributed by atoms with E-state index in [0.717, 1.165) is 6.42 Å². The van der Waals surface area contributed by atoms with Crippen molar-refractivity contribution in [1.82, 2.24) is 31.2 Å². The fraction of sp³-hybridized carbons (Fsp3) is 0.657. The van der Waals surface area contributed by atoms with E-state index in [9.17, 15) is 19.2 Å². The number of ether oxygens (including phenoxy) is 2. The molecule has 0 aliphatic carbocycles. The number of carbonyl (C=O) groups excluding carboxylic acids is 4. The highest BCUT2D eigenvalue weighted by Gasteiger charge is 2.40. The van der Waals surface area contributed by atoms with Gasteiger partial charge in [0.2, 0.25) is 23.6 Å². The normalized spacial score (nSPS) is 28.7. The molecule has 8 bridgehead atoms. The van der Waals surface area contributed by atoms with Crippen molar-refractivity contribution in [2.75, 3.05) is 6.61 Å². The van der Waals surface area contributed by atoms with Crippen LogP contribution in [0.15, 0.2) is 20.7 Å². The van der Waals surface area contributed by atoms with Crippen molar-refractivity contribution in [2.45, 2.75) is 118 Å². The van der Waals surface area contributed by atoms with Crippen LogP contribution in [0.1, 0.15) is 118 Å². The highest BCUT2D eigenvalue weighted by Crippen LogP contribution is 2.29. The Balaban J connectivity index is 1.53. The first-order chi connectivity index (χ1) is 24.2. The quantitative estimate of drug-likeness (QED) is 0.339. The van der Waals surface area contributed by atoms with E-state index in [4.69, 9.17) is 14.5 Å². The van der Waals surface area contributed by atoms with Crippen LogP contribution in [0.4, 0.5) is 0 Å². The molecule has 0 saturated carbocycles. The van der Waals surface area contributed by atoms with Gasteiger partial charge >= 0.3 is 0 Å². The van der Waals surface area contributed by atoms with Crippen molar-refractivity contribution in [3.8, 4) is 0 Å². The van der Waals surface area contributed by atoms with Crippen LogP contribution >= 0.6 is 22.7 Å². The average Bonchev–Trinajstić information content (AvgIpc) is 3.92. The van der Waals surface area contributed by atoms with Gasteiger partial charge in [-0.1, -0.05) is 68.2 Å². The minimum absolute atomic E-state index is 0.0273. The van der Waals surface area contributed by atoms with Gasteiger partial charge in [0.05, 0.1) is 12.1 Å². The number of carbonyl (C=O) groups is 4. The standard InChI is InChI=1S/C35H50N8O6S2/c1-10-17(7)25-32-36-20(12-48-32)28(44)39-23(15(3)4)34-37-22(14-50-34)30(46)42-26(18(8)11-2)33-43-27(19(9)49-33)31(47)40-24(16(5)6)35-38-21(13-51-35)29(45)41-25/h13-20,23-27H,10-12H2,1-9H3,(H,39,44)(H,40,47)(H,41,45)(H,42,46)/t17-,18-,19+,20-,23-,24-,25-,26-,27-/m0/s1. The zero-order valence-electron chi connectivity index (χ0n) is 30.7. The Morgan fingerprint density at radius 3 is 1.69 bits per heavy atom. The van der Waals surface area contributed by atoms with E-state index in [0.29, 0.717) is 16.4 Å². The number of hydrogen-bond donors (Lipinski definition) is 4. The fourth-order valence-corrected chi connectivity index (χ4v) is 8.07. The second kappa shape index (κ2) is 16.2. The zero-order chi connectivity index (χ0) is 37.1. The van der Waals surface area contributed by atoms with Gasteiger partial charge in [-0.25, -0.2) is 20.0 Å². The number of hydrogen-bond acceptors (Lipinski definition) is 12. The molecule has 278 valence electrons. The lowest BCUT2D eigenvalue weighted by Crippen LogP contribution is -2.45. The molecule has 5 rings (SSSR count). The molecule has 0 spiro atoms. The first kappa shape index (κ1) is 38.3. The first-order valence-corrected chi connectivity index (χ1v) is 19.6. The molecule has 2 aromatic heterocycles. The van der Waals surface area contributed by atoms with Crippen LogP contribution in [0.5, 0.6) is 0 Å². The third-order valence-corrected chi connectivity index (χ3v) is 11.6. The average molecular weight is 743 g/mol. The molecule has 0 unspecified atom stereocenters. The van der Waals surface area contributed by atoms with E-state index in [1.165, 1.54) is 22.7 Å². The maximum atomic E-state index is 13.8. The van der Waals surface area contributed by atoms with E-state index in [-0.39, 0.29) is 65.3 Å². The van der Waals surface area contributed by atoms with Gasteiger partial charge in [-0.3, -0.25) is 19.2 Å². The van der Waals surface area contributed by atoms with E-state index < -0.39 is 54.2 Å². The molecule has 5 heterocycles. The van der Waals surface area contributed by atoms with Gasteiger partial charge in [0.1, 0.15) is 46.2 Å². The number of fused-ring (bicyclic) bond motifs is 6. The summed E-state index contributed by atoms with van der Waals surface area (Å²) in [5, 5.41) is 16.7. The monoisotopic (exact) mass is 742 g/mol. The second-order valence-electron chi connectivity index (χ2n) is 14.3. The Morgan fingerprint density at radius 2 is 1.20 bits per heavy atom. The topological polar surface area (TPSA) is 185 Å². The molecule has 3 aliphatic rings. The van der Waals surface area contributed by atoms with E-state index >= 15 is 0 Å². The van der Waals surface area contributed by atoms with Gasteiger partial charge in [0.15, 0.2) is 12.1 Å². The summed E-state index contributed by atoms with van der Waals surface area (Å²) in [4.78, 5) is 73.2. The van der Waals surface area contributed by atoms with Crippen molar-refractivity contribution in [3.63, 3.8) is 0 Å². The number of amides is 4. The number of nitrogens with zero attached hydrogens (tertiary/aromatic N) is 4. The Morgan fingerprint density at radius 1 is 0.706 bits per heavy atom. The minimum Gasteiger partial charge on any atom is -0.477 e. The Kier molecular flexibility index (Phi) is 12.2. The number of aromatic nitrogens is 2. The van der Waals surface area contributed by atoms with Crippen LogP contribution < -0.4 is 21.3 Å². The van der Waals surface area contributed by atoms with Gasteiger partial charge in [-0.2, -0.15) is 0 Å². The highest BCUT2D eigenvalue weighted by atomic mass is 32.1. The zero-order valence-corrected chi connectivity index (χ0v) is 32.3. The smallest absolute Gasteiger partial charge is 0.271 e. The van der Waals surface area contributed by atoms with Crippen molar-refractivity contribution >= 4 is 58.1 Å². The summed E-state index contributed by atoms with van der Waals surface area (Å²) in [6, 6.07) is -3.85. The summed E-state index contributed by atoms with van der Waals surface area (Å²) in [5.41, 5.74) is 0.413. The van der Waals surface area contributed by atoms with Crippen LogP contribution in [0, 0.1) is 23.7 Å². The Labute approximate surface area is 307 Å². The summed E-state index contributed by atoms with van der Waals surface area (Å²) < 4.78 is 12.1. The maximum Gasteiger partial charge on any atom is 0.271 e. The molecule has 14 nitrogen and oxygen atoms in total. The predicted octanol–water partition coefficient (Wildman–Crippen LogP) is 4.21. The Hall–Kier alpha value is -3.92. The highest BCUT2D eigenvalue weighted by molar-refractivity contribution is 7.10. The van der Waals surface area contributed by atoms with Crippen LogP contribution in [0.2, 0.25) is 0 Å². The fourth-order valence-electron chi connectivity index (χ4n) is 6.03. The molecular weight excluding hydrogens is 693 g/mol. The molecule has 9 atom stereocenters. The molecule has 16 heteroatoms. The van der Waals surface area contributed by atoms with E-state index in [2.05, 4.69) is 36.2 Å². The molecular formula is C35H50N8O6S2. The molecule has 51 heavy (non-hydrogen) atoms. The summed E-state index contributed by atoms with van der Waals surface area (Å²) in [6.45, 7) is 17.6. The molecule has 2 aromatic rings. The number of thiazole rings is 2. The number of aliphatic imine (C=N–C) groups is 2.